The first-order chi connectivity index (χ1) is 8.91. The highest BCUT2D eigenvalue weighted by Crippen LogP contribution is 2.31. The van der Waals surface area contributed by atoms with Crippen LogP contribution in [0.1, 0.15) is 30.7 Å². The van der Waals surface area contributed by atoms with E-state index < -0.39 is 11.7 Å². The fourth-order valence-corrected chi connectivity index (χ4v) is 1.63. The Morgan fingerprint density at radius 3 is 2.42 bits per heavy atom. The zero-order chi connectivity index (χ0) is 14.0. The predicted molar refractivity (Wildman–Crippen MR) is 64.2 cm³/mol. The van der Waals surface area contributed by atoms with Crippen molar-refractivity contribution in [2.24, 2.45) is 5.73 Å². The van der Waals surface area contributed by atoms with Crippen molar-refractivity contribution in [1.29, 1.82) is 0 Å². The van der Waals surface area contributed by atoms with Gasteiger partial charge in [0.2, 0.25) is 0 Å². The quantitative estimate of drug-likeness (QED) is 0.923. The second kappa shape index (κ2) is 5.05. The number of nitrogens with two attached hydrogens (primary N) is 1. The summed E-state index contributed by atoms with van der Waals surface area (Å²) in [5.74, 6) is 0.525. The van der Waals surface area contributed by atoms with Crippen LogP contribution in [0.2, 0.25) is 0 Å². The molecule has 0 aliphatic rings. The van der Waals surface area contributed by atoms with Gasteiger partial charge in [-0.3, -0.25) is 0 Å². The van der Waals surface area contributed by atoms with Crippen molar-refractivity contribution >= 4 is 0 Å². The van der Waals surface area contributed by atoms with Gasteiger partial charge in [-0.05, 0) is 18.6 Å². The van der Waals surface area contributed by atoms with Gasteiger partial charge in [-0.2, -0.15) is 13.2 Å². The number of nitrogens with zero attached hydrogens (tertiary/aromatic N) is 1. The van der Waals surface area contributed by atoms with Crippen molar-refractivity contribution < 1.29 is 17.7 Å². The summed E-state index contributed by atoms with van der Waals surface area (Å²) in [5, 5.41) is 3.81. The zero-order valence-corrected chi connectivity index (χ0v) is 10.2. The Bertz CT molecular complexity index is 546. The third-order valence-corrected chi connectivity index (χ3v) is 2.84. The molecule has 6 heteroatoms. The minimum absolute atomic E-state index is 0.254. The minimum Gasteiger partial charge on any atom is -0.359 e. The van der Waals surface area contributed by atoms with Crippen LogP contribution in [0.15, 0.2) is 34.9 Å². The molecule has 0 saturated carbocycles. The van der Waals surface area contributed by atoms with E-state index in [9.17, 15) is 13.2 Å². The Hall–Kier alpha value is -1.82. The number of aromatic nitrogens is 1. The molecule has 19 heavy (non-hydrogen) atoms. The largest absolute Gasteiger partial charge is 0.416 e. The van der Waals surface area contributed by atoms with E-state index >= 15 is 0 Å². The van der Waals surface area contributed by atoms with Crippen LogP contribution in [0.4, 0.5) is 13.2 Å². The van der Waals surface area contributed by atoms with E-state index in [4.69, 9.17) is 10.3 Å². The molecular weight excluding hydrogens is 257 g/mol. The molecule has 3 nitrogen and oxygen atoms in total. The summed E-state index contributed by atoms with van der Waals surface area (Å²) in [4.78, 5) is 0. The van der Waals surface area contributed by atoms with E-state index in [1.165, 1.54) is 12.1 Å². The van der Waals surface area contributed by atoms with Crippen molar-refractivity contribution in [3.8, 4) is 11.3 Å². The fraction of sp³-hybridized carbons (Fsp3) is 0.308. The summed E-state index contributed by atoms with van der Waals surface area (Å²) in [5.41, 5.74) is 6.14. The predicted octanol–water partition coefficient (Wildman–Crippen LogP) is 3.77. The average Bonchev–Trinajstić information content (AvgIpc) is 2.86. The summed E-state index contributed by atoms with van der Waals surface area (Å²) >= 11 is 0. The van der Waals surface area contributed by atoms with E-state index in [-0.39, 0.29) is 6.04 Å². The lowest BCUT2D eigenvalue weighted by Crippen LogP contribution is -2.06. The maximum absolute atomic E-state index is 12.4. The topological polar surface area (TPSA) is 52.0 Å². The minimum atomic E-state index is -4.34. The Labute approximate surface area is 108 Å². The summed E-state index contributed by atoms with van der Waals surface area (Å²) in [6, 6.07) is 6.16. The molecule has 0 spiro atoms. The van der Waals surface area contributed by atoms with Crippen molar-refractivity contribution in [3.63, 3.8) is 0 Å². The van der Waals surface area contributed by atoms with E-state index in [0.717, 1.165) is 12.1 Å². The molecule has 0 aliphatic heterocycles. The van der Waals surface area contributed by atoms with Crippen LogP contribution in [0.25, 0.3) is 11.3 Å². The van der Waals surface area contributed by atoms with Gasteiger partial charge in [0.1, 0.15) is 5.69 Å². The molecule has 0 fully saturated rings. The summed E-state index contributed by atoms with van der Waals surface area (Å²) in [6.07, 6.45) is -3.64. The summed E-state index contributed by atoms with van der Waals surface area (Å²) in [6.45, 7) is 1.91. The zero-order valence-electron chi connectivity index (χ0n) is 10.2. The average molecular weight is 270 g/mol. The number of halogens is 3. The molecule has 0 saturated heterocycles. The van der Waals surface area contributed by atoms with E-state index in [1.807, 2.05) is 6.92 Å². The number of benzene rings is 1. The van der Waals surface area contributed by atoms with Gasteiger partial charge < -0.3 is 10.3 Å². The van der Waals surface area contributed by atoms with Crippen LogP contribution < -0.4 is 5.73 Å². The summed E-state index contributed by atoms with van der Waals surface area (Å²) in [7, 11) is 0. The van der Waals surface area contributed by atoms with Gasteiger partial charge in [0, 0.05) is 11.6 Å². The molecule has 0 aliphatic carbocycles. The van der Waals surface area contributed by atoms with Crippen LogP contribution in [0.3, 0.4) is 0 Å². The van der Waals surface area contributed by atoms with Crippen molar-refractivity contribution in [2.45, 2.75) is 25.6 Å². The van der Waals surface area contributed by atoms with Gasteiger partial charge in [0.15, 0.2) is 5.76 Å². The maximum Gasteiger partial charge on any atom is 0.416 e. The first-order valence-electron chi connectivity index (χ1n) is 5.81. The van der Waals surface area contributed by atoms with Crippen LogP contribution in [-0.4, -0.2) is 5.16 Å². The van der Waals surface area contributed by atoms with Gasteiger partial charge >= 0.3 is 6.18 Å². The number of alkyl halides is 3. The highest BCUT2D eigenvalue weighted by Gasteiger charge is 2.30. The van der Waals surface area contributed by atoms with E-state index in [1.54, 1.807) is 6.07 Å². The van der Waals surface area contributed by atoms with Crippen LogP contribution in [0.5, 0.6) is 0 Å². The molecule has 1 aromatic heterocycles. The molecule has 0 bridgehead atoms. The second-order valence-corrected chi connectivity index (χ2v) is 4.20. The first-order valence-corrected chi connectivity index (χ1v) is 5.81. The normalized spacial score (nSPS) is 13.5. The molecule has 1 aromatic carbocycles. The maximum atomic E-state index is 12.4. The standard InChI is InChI=1S/C13H13F3N2O/c1-2-10(17)12-7-11(18-19-12)8-3-5-9(6-4-8)13(14,15)16/h3-7,10H,2,17H2,1H3. The van der Waals surface area contributed by atoms with E-state index in [0.29, 0.717) is 23.4 Å². The van der Waals surface area contributed by atoms with Crippen molar-refractivity contribution in [1.82, 2.24) is 5.16 Å². The Kier molecular flexibility index (Phi) is 3.61. The monoisotopic (exact) mass is 270 g/mol. The van der Waals surface area contributed by atoms with Gasteiger partial charge in [0.25, 0.3) is 0 Å². The van der Waals surface area contributed by atoms with Crippen LogP contribution >= 0.6 is 0 Å². The lowest BCUT2D eigenvalue weighted by atomic mass is 10.1. The molecule has 2 rings (SSSR count). The van der Waals surface area contributed by atoms with Crippen molar-refractivity contribution in [2.75, 3.05) is 0 Å². The summed E-state index contributed by atoms with van der Waals surface area (Å²) < 4.78 is 42.4. The Morgan fingerprint density at radius 1 is 1.26 bits per heavy atom. The Balaban J connectivity index is 2.25. The number of rotatable bonds is 3. The number of hydrogen-bond donors (Lipinski definition) is 1. The van der Waals surface area contributed by atoms with Crippen LogP contribution in [-0.2, 0) is 6.18 Å². The molecule has 0 radical (unpaired) electrons. The molecule has 2 N–H and O–H groups in total. The van der Waals surface area contributed by atoms with Crippen molar-refractivity contribution in [3.05, 3.63) is 41.7 Å². The van der Waals surface area contributed by atoms with Gasteiger partial charge in [0.05, 0.1) is 11.6 Å². The lowest BCUT2D eigenvalue weighted by molar-refractivity contribution is -0.137. The smallest absolute Gasteiger partial charge is 0.359 e. The van der Waals surface area contributed by atoms with Gasteiger partial charge in [-0.1, -0.05) is 24.2 Å². The van der Waals surface area contributed by atoms with E-state index in [2.05, 4.69) is 5.16 Å². The molecule has 1 heterocycles. The molecule has 102 valence electrons. The highest BCUT2D eigenvalue weighted by atomic mass is 19.4. The van der Waals surface area contributed by atoms with Crippen LogP contribution in [0, 0.1) is 0 Å². The molecular formula is C13H13F3N2O. The third kappa shape index (κ3) is 2.96. The SMILES string of the molecule is CCC(N)c1cc(-c2ccc(C(F)(F)F)cc2)no1. The molecule has 1 atom stereocenters. The molecule has 1 unspecified atom stereocenters. The fourth-order valence-electron chi connectivity index (χ4n) is 1.63. The first kappa shape index (κ1) is 13.6. The number of hydrogen-bond acceptors (Lipinski definition) is 3. The second-order valence-electron chi connectivity index (χ2n) is 4.20. The Morgan fingerprint density at radius 2 is 1.89 bits per heavy atom. The lowest BCUT2D eigenvalue weighted by Gasteiger charge is -2.06. The third-order valence-electron chi connectivity index (χ3n) is 2.84. The van der Waals surface area contributed by atoms with Gasteiger partial charge in [-0.25, -0.2) is 0 Å². The highest BCUT2D eigenvalue weighted by molar-refractivity contribution is 5.59. The molecule has 0 amide bonds. The molecule has 2 aromatic rings. The van der Waals surface area contributed by atoms with Gasteiger partial charge in [-0.15, -0.1) is 0 Å².